The van der Waals surface area contributed by atoms with Gasteiger partial charge >= 0.3 is 10.2 Å². The first-order valence-corrected chi connectivity index (χ1v) is 9.32. The van der Waals surface area contributed by atoms with Crippen LogP contribution in [0, 0.1) is 5.92 Å². The summed E-state index contributed by atoms with van der Waals surface area (Å²) in [7, 11) is -4.52. The predicted molar refractivity (Wildman–Crippen MR) is 79.5 cm³/mol. The Morgan fingerprint density at radius 3 is 2.81 bits per heavy atom. The van der Waals surface area contributed by atoms with E-state index in [4.69, 9.17) is 0 Å². The van der Waals surface area contributed by atoms with Gasteiger partial charge in [0.15, 0.2) is 0 Å². The van der Waals surface area contributed by atoms with E-state index in [9.17, 15) is 17.1 Å². The van der Waals surface area contributed by atoms with Gasteiger partial charge in [0.05, 0.1) is 16.5 Å². The first-order valence-electron chi connectivity index (χ1n) is 6.89. The Labute approximate surface area is 128 Å². The molecule has 1 aromatic heterocycles. The molecule has 1 aliphatic rings. The van der Waals surface area contributed by atoms with E-state index in [-0.39, 0.29) is 12.3 Å². The number of halogens is 1. The fraction of sp³-hybridized carbons (Fsp3) is 0.692. The number of nitrogens with zero attached hydrogens (tertiary/aromatic N) is 2. The lowest BCUT2D eigenvalue weighted by atomic mass is 10.1. The number of rotatable bonds is 6. The average Bonchev–Trinajstić information content (AvgIpc) is 2.91. The van der Waals surface area contributed by atoms with Crippen molar-refractivity contribution in [1.82, 2.24) is 9.88 Å². The third-order valence-electron chi connectivity index (χ3n) is 3.43. The quantitative estimate of drug-likeness (QED) is 0.746. The van der Waals surface area contributed by atoms with Crippen LogP contribution < -0.4 is 0 Å². The number of aromatic nitrogens is 1. The van der Waals surface area contributed by atoms with Crippen molar-refractivity contribution < 1.29 is 17.1 Å². The highest BCUT2D eigenvalue weighted by Gasteiger charge is 2.32. The normalized spacial score (nSPS) is 19.7. The lowest BCUT2D eigenvalue weighted by molar-refractivity contribution is -0.127. The van der Waals surface area contributed by atoms with Gasteiger partial charge in [-0.2, -0.15) is 8.42 Å². The average molecular weight is 334 g/mol. The largest absolute Gasteiger partial charge is 0.342 e. The van der Waals surface area contributed by atoms with Crippen molar-refractivity contribution in [1.29, 1.82) is 0 Å². The second-order valence-corrected chi connectivity index (χ2v) is 8.00. The van der Waals surface area contributed by atoms with Gasteiger partial charge in [0.2, 0.25) is 5.91 Å². The third-order valence-corrected chi connectivity index (χ3v) is 5.49. The molecule has 0 radical (unpaired) electrons. The summed E-state index contributed by atoms with van der Waals surface area (Å²) in [6.07, 6.45) is 0.752. The molecule has 2 rings (SSSR count). The zero-order valence-electron chi connectivity index (χ0n) is 12.1. The van der Waals surface area contributed by atoms with Gasteiger partial charge in [-0.1, -0.05) is 13.8 Å². The molecule has 5 nitrogen and oxygen atoms in total. The standard InChI is InChI=1S/C13H19FN2O3S2/c1-9(2)13-15-11(7-20-13)3-4-16-6-10(5-12(16)17)8-21(14,18)19/h7,9-10H,3-6,8H2,1-2H3. The van der Waals surface area contributed by atoms with E-state index in [2.05, 4.69) is 18.8 Å². The second kappa shape index (κ2) is 6.39. The first-order chi connectivity index (χ1) is 9.74. The summed E-state index contributed by atoms with van der Waals surface area (Å²) in [5.41, 5.74) is 0.943. The Kier molecular flexibility index (Phi) is 4.98. The summed E-state index contributed by atoms with van der Waals surface area (Å²) >= 11 is 1.61. The maximum atomic E-state index is 12.7. The lowest BCUT2D eigenvalue weighted by Crippen LogP contribution is -2.28. The highest BCUT2D eigenvalue weighted by Crippen LogP contribution is 2.22. The maximum Gasteiger partial charge on any atom is 0.302 e. The summed E-state index contributed by atoms with van der Waals surface area (Å²) < 4.78 is 33.9. The summed E-state index contributed by atoms with van der Waals surface area (Å²) in [5.74, 6) is -0.725. The molecule has 1 amide bonds. The lowest BCUT2D eigenvalue weighted by Gasteiger charge is -2.15. The van der Waals surface area contributed by atoms with E-state index in [1.54, 1.807) is 16.2 Å². The van der Waals surface area contributed by atoms with E-state index in [0.717, 1.165) is 10.7 Å². The molecule has 0 aliphatic carbocycles. The monoisotopic (exact) mass is 334 g/mol. The van der Waals surface area contributed by atoms with E-state index >= 15 is 0 Å². The molecule has 21 heavy (non-hydrogen) atoms. The third kappa shape index (κ3) is 4.74. The van der Waals surface area contributed by atoms with Crippen LogP contribution in [0.2, 0.25) is 0 Å². The molecule has 0 N–H and O–H groups in total. The molecule has 2 heterocycles. The van der Waals surface area contributed by atoms with Gasteiger partial charge in [-0.05, 0) is 0 Å². The van der Waals surface area contributed by atoms with Crippen molar-refractivity contribution in [2.75, 3.05) is 18.8 Å². The van der Waals surface area contributed by atoms with Crippen molar-refractivity contribution in [3.05, 3.63) is 16.1 Å². The molecular formula is C13H19FN2O3S2. The van der Waals surface area contributed by atoms with E-state index in [1.807, 2.05) is 5.38 Å². The number of carbonyl (C=O) groups excluding carboxylic acids is 1. The van der Waals surface area contributed by atoms with E-state index < -0.39 is 21.9 Å². The van der Waals surface area contributed by atoms with Crippen LogP contribution in [0.1, 0.15) is 36.9 Å². The van der Waals surface area contributed by atoms with Gasteiger partial charge in [0, 0.05) is 43.1 Å². The van der Waals surface area contributed by atoms with Crippen molar-refractivity contribution in [3.63, 3.8) is 0 Å². The fourth-order valence-corrected chi connectivity index (χ4v) is 4.07. The molecule has 118 valence electrons. The van der Waals surface area contributed by atoms with E-state index in [0.29, 0.717) is 25.4 Å². The highest BCUT2D eigenvalue weighted by atomic mass is 32.3. The van der Waals surface area contributed by atoms with Gasteiger partial charge in [0.25, 0.3) is 0 Å². The van der Waals surface area contributed by atoms with Crippen LogP contribution in [0.5, 0.6) is 0 Å². The molecule has 1 saturated heterocycles. The highest BCUT2D eigenvalue weighted by molar-refractivity contribution is 7.86. The van der Waals surface area contributed by atoms with Crippen LogP contribution in [-0.2, 0) is 21.4 Å². The summed E-state index contributed by atoms with van der Waals surface area (Å²) in [5, 5.41) is 3.05. The van der Waals surface area contributed by atoms with Crippen LogP contribution >= 0.6 is 11.3 Å². The number of hydrogen-bond donors (Lipinski definition) is 0. The summed E-state index contributed by atoms with van der Waals surface area (Å²) in [4.78, 5) is 17.9. The predicted octanol–water partition coefficient (Wildman–Crippen LogP) is 1.96. The fourth-order valence-electron chi connectivity index (χ4n) is 2.42. The van der Waals surface area contributed by atoms with Gasteiger partial charge in [0.1, 0.15) is 0 Å². The van der Waals surface area contributed by atoms with Crippen molar-refractivity contribution in [3.8, 4) is 0 Å². The maximum absolute atomic E-state index is 12.7. The van der Waals surface area contributed by atoms with Gasteiger partial charge < -0.3 is 4.90 Å². The van der Waals surface area contributed by atoms with Crippen LogP contribution in [0.15, 0.2) is 5.38 Å². The van der Waals surface area contributed by atoms with Gasteiger partial charge in [-0.15, -0.1) is 15.2 Å². The minimum atomic E-state index is -4.52. The molecule has 1 unspecified atom stereocenters. The molecule has 8 heteroatoms. The molecule has 0 aromatic carbocycles. The Bertz CT molecular complexity index is 613. The number of thiazole rings is 1. The van der Waals surface area contributed by atoms with Gasteiger partial charge in [-0.25, -0.2) is 4.98 Å². The second-order valence-electron chi connectivity index (χ2n) is 5.70. The summed E-state index contributed by atoms with van der Waals surface area (Å²) in [6, 6.07) is 0. The number of amides is 1. The number of hydrogen-bond acceptors (Lipinski definition) is 5. The molecule has 1 aromatic rings. The van der Waals surface area contributed by atoms with Gasteiger partial charge in [-0.3, -0.25) is 4.79 Å². The van der Waals surface area contributed by atoms with Crippen LogP contribution in [0.3, 0.4) is 0 Å². The van der Waals surface area contributed by atoms with Crippen LogP contribution in [-0.4, -0.2) is 43.1 Å². The minimum Gasteiger partial charge on any atom is -0.342 e. The Hall–Kier alpha value is -1.02. The molecule has 0 bridgehead atoms. The SMILES string of the molecule is CC(C)c1nc(CCN2CC(CS(=O)(=O)F)CC2=O)cs1. The summed E-state index contributed by atoms with van der Waals surface area (Å²) in [6.45, 7) is 4.97. The molecular weight excluding hydrogens is 315 g/mol. The molecule has 0 spiro atoms. The molecule has 1 aliphatic heterocycles. The van der Waals surface area contributed by atoms with Crippen molar-refractivity contribution in [2.24, 2.45) is 5.92 Å². The number of likely N-dealkylation sites (tertiary alicyclic amines) is 1. The zero-order chi connectivity index (χ0) is 15.6. The van der Waals surface area contributed by atoms with E-state index in [1.165, 1.54) is 0 Å². The topological polar surface area (TPSA) is 67.3 Å². The minimum absolute atomic E-state index is 0.108. The Morgan fingerprint density at radius 2 is 2.24 bits per heavy atom. The Morgan fingerprint density at radius 1 is 1.52 bits per heavy atom. The molecule has 1 atom stereocenters. The first kappa shape index (κ1) is 16.4. The Balaban J connectivity index is 1.87. The number of carbonyl (C=O) groups is 1. The van der Waals surface area contributed by atoms with Crippen LogP contribution in [0.4, 0.5) is 3.89 Å². The zero-order valence-corrected chi connectivity index (χ0v) is 13.7. The molecule has 0 saturated carbocycles. The van der Waals surface area contributed by atoms with Crippen molar-refractivity contribution >= 4 is 27.5 Å². The van der Waals surface area contributed by atoms with Crippen LogP contribution in [0.25, 0.3) is 0 Å². The van der Waals surface area contributed by atoms with Crippen molar-refractivity contribution in [2.45, 2.75) is 32.6 Å². The molecule has 1 fully saturated rings. The smallest absolute Gasteiger partial charge is 0.302 e.